The van der Waals surface area contributed by atoms with E-state index in [0.29, 0.717) is 28.2 Å². The second kappa shape index (κ2) is 7.36. The van der Waals surface area contributed by atoms with Crippen molar-refractivity contribution in [3.63, 3.8) is 0 Å². The summed E-state index contributed by atoms with van der Waals surface area (Å²) in [6, 6.07) is 13.6. The van der Waals surface area contributed by atoms with Crippen molar-refractivity contribution in [1.82, 2.24) is 20.3 Å². The number of nitrogens with one attached hydrogen (secondary N) is 3. The van der Waals surface area contributed by atoms with E-state index in [1.54, 1.807) is 31.3 Å². The Balaban J connectivity index is 1.44. The summed E-state index contributed by atoms with van der Waals surface area (Å²) < 4.78 is 5.75. The first-order chi connectivity index (χ1) is 13.6. The maximum atomic E-state index is 12.3. The summed E-state index contributed by atoms with van der Waals surface area (Å²) >= 11 is 0. The number of carbonyl (C=O) groups is 1. The van der Waals surface area contributed by atoms with Crippen LogP contribution in [0.25, 0.3) is 22.2 Å². The smallest absolute Gasteiger partial charge is 0.319 e. The molecule has 2 aromatic heterocycles. The molecule has 1 atom stereocenters. The Labute approximate surface area is 159 Å². The molecule has 0 bridgehead atoms. The summed E-state index contributed by atoms with van der Waals surface area (Å²) in [5.74, 6) is 1.03. The molecular formula is C20H17N5O3. The van der Waals surface area contributed by atoms with E-state index in [4.69, 9.17) is 4.42 Å². The molecule has 28 heavy (non-hydrogen) atoms. The van der Waals surface area contributed by atoms with Gasteiger partial charge in [0.25, 0.3) is 5.56 Å². The Kier molecular flexibility index (Phi) is 4.59. The van der Waals surface area contributed by atoms with Crippen molar-refractivity contribution in [3.8, 4) is 11.3 Å². The second-order valence-corrected chi connectivity index (χ2v) is 6.21. The third kappa shape index (κ3) is 3.61. The molecule has 8 nitrogen and oxygen atoms in total. The number of oxazole rings is 1. The number of anilines is 1. The second-order valence-electron chi connectivity index (χ2n) is 6.21. The summed E-state index contributed by atoms with van der Waals surface area (Å²) in [6.45, 7) is 1.77. The molecule has 0 saturated carbocycles. The van der Waals surface area contributed by atoms with Gasteiger partial charge in [0.05, 0.1) is 23.4 Å². The highest BCUT2D eigenvalue weighted by Gasteiger charge is 2.16. The zero-order valence-electron chi connectivity index (χ0n) is 15.0. The van der Waals surface area contributed by atoms with Gasteiger partial charge < -0.3 is 20.0 Å². The molecule has 0 aliphatic rings. The minimum Gasteiger partial charge on any atom is -0.438 e. The van der Waals surface area contributed by atoms with E-state index in [1.807, 2.05) is 30.3 Å². The third-order valence-corrected chi connectivity index (χ3v) is 4.20. The number of aromatic amines is 1. The first kappa shape index (κ1) is 17.5. The van der Waals surface area contributed by atoms with Gasteiger partial charge in [-0.05, 0) is 25.1 Å². The van der Waals surface area contributed by atoms with Crippen LogP contribution in [0.3, 0.4) is 0 Å². The van der Waals surface area contributed by atoms with E-state index in [9.17, 15) is 9.59 Å². The molecule has 2 aromatic carbocycles. The highest BCUT2D eigenvalue weighted by atomic mass is 16.4. The fourth-order valence-corrected chi connectivity index (χ4v) is 2.80. The number of nitrogens with zero attached hydrogens (tertiary/aromatic N) is 2. The molecular weight excluding hydrogens is 358 g/mol. The average molecular weight is 375 g/mol. The van der Waals surface area contributed by atoms with Crippen molar-refractivity contribution >= 4 is 22.6 Å². The molecule has 2 amide bonds. The number of aromatic nitrogens is 3. The lowest BCUT2D eigenvalue weighted by atomic mass is 10.2. The maximum Gasteiger partial charge on any atom is 0.319 e. The van der Waals surface area contributed by atoms with Gasteiger partial charge in [-0.15, -0.1) is 0 Å². The topological polar surface area (TPSA) is 113 Å². The lowest BCUT2D eigenvalue weighted by molar-refractivity contribution is 0.247. The number of amides is 2. The predicted octanol–water partition coefficient (Wildman–Crippen LogP) is 3.46. The van der Waals surface area contributed by atoms with Crippen molar-refractivity contribution in [2.45, 2.75) is 13.0 Å². The highest BCUT2D eigenvalue weighted by Crippen LogP contribution is 2.22. The molecule has 3 N–H and O–H groups in total. The normalized spacial score (nSPS) is 11.9. The summed E-state index contributed by atoms with van der Waals surface area (Å²) in [5, 5.41) is 5.86. The van der Waals surface area contributed by atoms with Gasteiger partial charge >= 0.3 is 6.03 Å². The van der Waals surface area contributed by atoms with Gasteiger partial charge in [-0.25, -0.2) is 14.8 Å². The molecule has 0 fully saturated rings. The van der Waals surface area contributed by atoms with E-state index in [-0.39, 0.29) is 5.56 Å². The van der Waals surface area contributed by atoms with Gasteiger partial charge in [-0.3, -0.25) is 4.79 Å². The van der Waals surface area contributed by atoms with Gasteiger partial charge in [-0.2, -0.15) is 0 Å². The first-order valence-electron chi connectivity index (χ1n) is 8.66. The predicted molar refractivity (Wildman–Crippen MR) is 105 cm³/mol. The van der Waals surface area contributed by atoms with Crippen LogP contribution in [-0.2, 0) is 0 Å². The Bertz CT molecular complexity index is 1180. The van der Waals surface area contributed by atoms with Gasteiger partial charge in [0.15, 0.2) is 5.76 Å². The zero-order chi connectivity index (χ0) is 19.5. The van der Waals surface area contributed by atoms with Crippen LogP contribution in [0.2, 0.25) is 0 Å². The number of urea groups is 1. The molecule has 2 heterocycles. The Hall–Kier alpha value is -3.94. The lowest BCUT2D eigenvalue weighted by Crippen LogP contribution is -2.31. The van der Waals surface area contributed by atoms with Gasteiger partial charge in [0.1, 0.15) is 6.04 Å². The number of benzene rings is 2. The van der Waals surface area contributed by atoms with Crippen LogP contribution < -0.4 is 16.2 Å². The Morgan fingerprint density at radius 2 is 1.96 bits per heavy atom. The molecule has 0 aliphatic heterocycles. The van der Waals surface area contributed by atoms with Crippen molar-refractivity contribution in [2.24, 2.45) is 0 Å². The summed E-state index contributed by atoms with van der Waals surface area (Å²) in [5.41, 5.74) is 1.67. The minimum atomic E-state index is -0.442. The van der Waals surface area contributed by atoms with Gasteiger partial charge in [0.2, 0.25) is 5.89 Å². The maximum absolute atomic E-state index is 12.3. The Morgan fingerprint density at radius 1 is 1.14 bits per heavy atom. The summed E-state index contributed by atoms with van der Waals surface area (Å²) in [6.07, 6.45) is 2.97. The molecule has 4 aromatic rings. The summed E-state index contributed by atoms with van der Waals surface area (Å²) in [7, 11) is 0. The standard InChI is InChI=1S/C20H17N5O3/c1-12(19-21-10-17(28-19)13-5-3-2-4-6-13)24-20(27)25-14-7-8-16-15(9-14)18(26)23-11-22-16/h2-12H,1H3,(H,22,23,26)(H2,24,25,27). The first-order valence-corrected chi connectivity index (χ1v) is 8.66. The molecule has 4 rings (SSSR count). The van der Waals surface area contributed by atoms with Crippen molar-refractivity contribution in [1.29, 1.82) is 0 Å². The van der Waals surface area contributed by atoms with Crippen molar-refractivity contribution in [3.05, 3.63) is 77.3 Å². The molecule has 1 unspecified atom stereocenters. The summed E-state index contributed by atoms with van der Waals surface area (Å²) in [4.78, 5) is 35.0. The van der Waals surface area contributed by atoms with Crippen molar-refractivity contribution < 1.29 is 9.21 Å². The number of H-pyrrole nitrogens is 1. The highest BCUT2D eigenvalue weighted by molar-refractivity contribution is 5.92. The largest absolute Gasteiger partial charge is 0.438 e. The molecule has 140 valence electrons. The fraction of sp³-hybridized carbons (Fsp3) is 0.100. The van der Waals surface area contributed by atoms with Crippen LogP contribution in [0.15, 0.2) is 70.3 Å². The lowest BCUT2D eigenvalue weighted by Gasteiger charge is -2.12. The van der Waals surface area contributed by atoms with E-state index < -0.39 is 12.1 Å². The number of fused-ring (bicyclic) bond motifs is 1. The van der Waals surface area contributed by atoms with Crippen LogP contribution in [0.4, 0.5) is 10.5 Å². The Morgan fingerprint density at radius 3 is 2.79 bits per heavy atom. The van der Waals surface area contributed by atoms with Gasteiger partial charge in [-0.1, -0.05) is 30.3 Å². The van der Waals surface area contributed by atoms with Crippen LogP contribution in [-0.4, -0.2) is 21.0 Å². The third-order valence-electron chi connectivity index (χ3n) is 4.20. The van der Waals surface area contributed by atoms with E-state index in [2.05, 4.69) is 25.6 Å². The number of carbonyl (C=O) groups excluding carboxylic acids is 1. The average Bonchev–Trinajstić information content (AvgIpc) is 3.20. The molecule has 0 aliphatic carbocycles. The molecule has 8 heteroatoms. The van der Waals surface area contributed by atoms with Gasteiger partial charge in [0, 0.05) is 11.3 Å². The van der Waals surface area contributed by atoms with Crippen molar-refractivity contribution in [2.75, 3.05) is 5.32 Å². The quantitative estimate of drug-likeness (QED) is 0.505. The van der Waals surface area contributed by atoms with Crippen LogP contribution in [0.5, 0.6) is 0 Å². The zero-order valence-corrected chi connectivity index (χ0v) is 15.0. The van der Waals surface area contributed by atoms with Crippen LogP contribution >= 0.6 is 0 Å². The van der Waals surface area contributed by atoms with E-state index in [1.165, 1.54) is 6.33 Å². The fourth-order valence-electron chi connectivity index (χ4n) is 2.80. The minimum absolute atomic E-state index is 0.268. The SMILES string of the molecule is CC(NC(=O)Nc1ccc2nc[nH]c(=O)c2c1)c1ncc(-c2ccccc2)o1. The molecule has 0 saturated heterocycles. The van der Waals surface area contributed by atoms with Crippen LogP contribution in [0, 0.1) is 0 Å². The van der Waals surface area contributed by atoms with E-state index in [0.717, 1.165) is 5.56 Å². The number of rotatable bonds is 4. The number of hydrogen-bond acceptors (Lipinski definition) is 5. The van der Waals surface area contributed by atoms with E-state index >= 15 is 0 Å². The van der Waals surface area contributed by atoms with Crippen LogP contribution in [0.1, 0.15) is 18.9 Å². The monoisotopic (exact) mass is 375 g/mol. The molecule has 0 spiro atoms. The molecule has 0 radical (unpaired) electrons. The number of hydrogen-bond donors (Lipinski definition) is 3.